The van der Waals surface area contributed by atoms with Crippen LogP contribution in [0.5, 0.6) is 0 Å². The highest BCUT2D eigenvalue weighted by molar-refractivity contribution is 6.30. The number of hydrogen-bond acceptors (Lipinski definition) is 3. The first kappa shape index (κ1) is 16.6. The summed E-state index contributed by atoms with van der Waals surface area (Å²) in [6.45, 7) is 2.02. The molecule has 4 rings (SSSR count). The van der Waals surface area contributed by atoms with Gasteiger partial charge in [0.1, 0.15) is 11.5 Å². The highest BCUT2D eigenvalue weighted by Crippen LogP contribution is 2.21. The topological polar surface area (TPSA) is 29.0 Å². The van der Waals surface area contributed by atoms with Crippen molar-refractivity contribution in [1.29, 1.82) is 0 Å². The molecule has 4 heteroatoms. The van der Waals surface area contributed by atoms with Crippen LogP contribution in [-0.4, -0.2) is 23.1 Å². The van der Waals surface area contributed by atoms with E-state index >= 15 is 0 Å². The maximum absolute atomic E-state index is 5.93. The van der Waals surface area contributed by atoms with E-state index in [1.807, 2.05) is 60.9 Å². The predicted molar refractivity (Wildman–Crippen MR) is 106 cm³/mol. The number of benzene rings is 1. The standard InChI is InChI=1S/C22H17ClN3/c23-20-8-5-18(6-9-20)19-7-11-21(24-16-19)10-3-17-4-12-22(25-15-17)26-13-1-2-14-26/h1,4-9,11-12,15-16H,2,13-14H2. The lowest BCUT2D eigenvalue weighted by Crippen LogP contribution is -2.18. The SMILES string of the molecule is Clc1ccc(-c2ccc(C#Cc3ccc(N4C[CH]CC4)nc3)nc2)cc1. The van der Waals surface area contributed by atoms with Gasteiger partial charge in [-0.15, -0.1) is 0 Å². The predicted octanol–water partition coefficient (Wildman–Crippen LogP) is 4.61. The summed E-state index contributed by atoms with van der Waals surface area (Å²) in [5, 5.41) is 0.728. The van der Waals surface area contributed by atoms with Gasteiger partial charge in [-0.1, -0.05) is 35.7 Å². The van der Waals surface area contributed by atoms with Gasteiger partial charge in [-0.2, -0.15) is 0 Å². The molecule has 0 bridgehead atoms. The molecule has 1 aliphatic rings. The smallest absolute Gasteiger partial charge is 0.128 e. The Bertz CT molecular complexity index is 930. The normalized spacial score (nSPS) is 13.3. The minimum Gasteiger partial charge on any atom is -0.356 e. The Morgan fingerprint density at radius 3 is 2.35 bits per heavy atom. The second kappa shape index (κ2) is 7.59. The molecule has 127 valence electrons. The van der Waals surface area contributed by atoms with Gasteiger partial charge in [-0.3, -0.25) is 0 Å². The van der Waals surface area contributed by atoms with Crippen LogP contribution in [0.4, 0.5) is 5.82 Å². The fraction of sp³-hybridized carbons (Fsp3) is 0.136. The van der Waals surface area contributed by atoms with E-state index in [4.69, 9.17) is 11.6 Å². The largest absolute Gasteiger partial charge is 0.356 e. The van der Waals surface area contributed by atoms with Crippen molar-refractivity contribution in [2.75, 3.05) is 18.0 Å². The Balaban J connectivity index is 1.46. The summed E-state index contributed by atoms with van der Waals surface area (Å²) >= 11 is 5.93. The molecule has 3 aromatic rings. The molecule has 3 nitrogen and oxygen atoms in total. The average Bonchev–Trinajstić information content (AvgIpc) is 3.23. The van der Waals surface area contributed by atoms with Gasteiger partial charge in [-0.25, -0.2) is 9.97 Å². The zero-order valence-corrected chi connectivity index (χ0v) is 14.9. The third-order valence-corrected chi connectivity index (χ3v) is 4.55. The van der Waals surface area contributed by atoms with E-state index in [-0.39, 0.29) is 0 Å². The highest BCUT2D eigenvalue weighted by Gasteiger charge is 2.12. The summed E-state index contributed by atoms with van der Waals surface area (Å²) in [4.78, 5) is 11.2. The number of aromatic nitrogens is 2. The lowest BCUT2D eigenvalue weighted by Gasteiger charge is -2.15. The first-order valence-corrected chi connectivity index (χ1v) is 8.92. The highest BCUT2D eigenvalue weighted by atomic mass is 35.5. The van der Waals surface area contributed by atoms with Gasteiger partial charge in [0.15, 0.2) is 0 Å². The van der Waals surface area contributed by atoms with Crippen LogP contribution >= 0.6 is 11.6 Å². The van der Waals surface area contributed by atoms with E-state index in [1.54, 1.807) is 0 Å². The summed E-state index contributed by atoms with van der Waals surface area (Å²) in [6.07, 6.45) is 7.05. The van der Waals surface area contributed by atoms with Crippen LogP contribution in [0.15, 0.2) is 60.9 Å². The molecule has 2 aromatic heterocycles. The Hall–Kier alpha value is -2.83. The lowest BCUT2D eigenvalue weighted by atomic mass is 10.1. The van der Waals surface area contributed by atoms with E-state index in [9.17, 15) is 0 Å². The molecule has 1 saturated heterocycles. The van der Waals surface area contributed by atoms with Crippen LogP contribution in [0.3, 0.4) is 0 Å². The number of halogens is 1. The third kappa shape index (κ3) is 3.87. The van der Waals surface area contributed by atoms with Gasteiger partial charge in [0, 0.05) is 41.6 Å². The van der Waals surface area contributed by atoms with E-state index in [2.05, 4.69) is 33.1 Å². The summed E-state index contributed by atoms with van der Waals surface area (Å²) in [6, 6.07) is 15.7. The molecule has 1 fully saturated rings. The van der Waals surface area contributed by atoms with Crippen molar-refractivity contribution in [3.8, 4) is 23.0 Å². The van der Waals surface area contributed by atoms with Crippen molar-refractivity contribution < 1.29 is 0 Å². The van der Waals surface area contributed by atoms with Gasteiger partial charge in [0.05, 0.1) is 0 Å². The number of nitrogens with zero attached hydrogens (tertiary/aromatic N) is 3. The number of rotatable bonds is 2. The molecule has 0 aliphatic carbocycles. The van der Waals surface area contributed by atoms with E-state index in [1.165, 1.54) is 0 Å². The molecule has 0 saturated carbocycles. The summed E-state index contributed by atoms with van der Waals surface area (Å²) in [5.41, 5.74) is 3.75. The molecule has 26 heavy (non-hydrogen) atoms. The first-order chi connectivity index (χ1) is 12.8. The van der Waals surface area contributed by atoms with Crippen molar-refractivity contribution >= 4 is 17.4 Å². The quantitative estimate of drug-likeness (QED) is 0.626. The van der Waals surface area contributed by atoms with Crippen LogP contribution < -0.4 is 4.90 Å². The Labute approximate surface area is 158 Å². The zero-order valence-electron chi connectivity index (χ0n) is 14.2. The number of pyridine rings is 2. The minimum atomic E-state index is 0.728. The molecule has 1 aromatic carbocycles. The molecular formula is C22H17ClN3. The number of hydrogen-bond donors (Lipinski definition) is 0. The Morgan fingerprint density at radius 1 is 0.846 bits per heavy atom. The summed E-state index contributed by atoms with van der Waals surface area (Å²) in [7, 11) is 0. The second-order valence-corrected chi connectivity index (χ2v) is 6.55. The molecule has 0 amide bonds. The van der Waals surface area contributed by atoms with Crippen molar-refractivity contribution in [1.82, 2.24) is 9.97 Å². The minimum absolute atomic E-state index is 0.728. The summed E-state index contributed by atoms with van der Waals surface area (Å²) in [5.74, 6) is 7.23. The number of anilines is 1. The van der Waals surface area contributed by atoms with Crippen molar-refractivity contribution in [3.05, 3.63) is 83.6 Å². The maximum Gasteiger partial charge on any atom is 0.128 e. The average molecular weight is 359 g/mol. The molecule has 1 aliphatic heterocycles. The third-order valence-electron chi connectivity index (χ3n) is 4.30. The maximum atomic E-state index is 5.93. The van der Waals surface area contributed by atoms with Gasteiger partial charge >= 0.3 is 0 Å². The molecule has 0 N–H and O–H groups in total. The van der Waals surface area contributed by atoms with Crippen LogP contribution in [-0.2, 0) is 0 Å². The van der Waals surface area contributed by atoms with Crippen LogP contribution in [0.25, 0.3) is 11.1 Å². The lowest BCUT2D eigenvalue weighted by molar-refractivity contribution is 0.938. The Kier molecular flexibility index (Phi) is 4.86. The van der Waals surface area contributed by atoms with Crippen LogP contribution in [0.2, 0.25) is 5.02 Å². The van der Waals surface area contributed by atoms with E-state index in [0.717, 1.165) is 52.7 Å². The van der Waals surface area contributed by atoms with Crippen LogP contribution in [0.1, 0.15) is 17.7 Å². The van der Waals surface area contributed by atoms with E-state index < -0.39 is 0 Å². The van der Waals surface area contributed by atoms with Crippen molar-refractivity contribution in [2.45, 2.75) is 6.42 Å². The molecule has 1 radical (unpaired) electrons. The molecule has 3 heterocycles. The van der Waals surface area contributed by atoms with Gasteiger partial charge in [0.25, 0.3) is 0 Å². The van der Waals surface area contributed by atoms with Gasteiger partial charge in [0.2, 0.25) is 0 Å². The Morgan fingerprint density at radius 2 is 1.69 bits per heavy atom. The molecule has 0 spiro atoms. The van der Waals surface area contributed by atoms with Gasteiger partial charge in [-0.05, 0) is 54.7 Å². The van der Waals surface area contributed by atoms with Crippen molar-refractivity contribution in [2.24, 2.45) is 0 Å². The second-order valence-electron chi connectivity index (χ2n) is 6.12. The van der Waals surface area contributed by atoms with Crippen molar-refractivity contribution in [3.63, 3.8) is 0 Å². The summed E-state index contributed by atoms with van der Waals surface area (Å²) < 4.78 is 0. The monoisotopic (exact) mass is 358 g/mol. The van der Waals surface area contributed by atoms with Gasteiger partial charge < -0.3 is 4.90 Å². The molecule has 0 unspecified atom stereocenters. The van der Waals surface area contributed by atoms with E-state index in [0.29, 0.717) is 0 Å². The zero-order chi connectivity index (χ0) is 17.8. The van der Waals surface area contributed by atoms with Crippen LogP contribution in [0, 0.1) is 18.3 Å². The first-order valence-electron chi connectivity index (χ1n) is 8.55. The fourth-order valence-electron chi connectivity index (χ4n) is 2.86. The fourth-order valence-corrected chi connectivity index (χ4v) is 2.98. The molecular weight excluding hydrogens is 342 g/mol. The molecule has 0 atom stereocenters.